The van der Waals surface area contributed by atoms with Crippen LogP contribution in [0.15, 0.2) is 36.4 Å². The van der Waals surface area contributed by atoms with E-state index in [1.165, 1.54) is 61.3 Å². The van der Waals surface area contributed by atoms with Gasteiger partial charge in [0.15, 0.2) is 0 Å². The minimum Gasteiger partial charge on any atom is -0.493 e. The molecule has 2 aromatic rings. The molecule has 178 valence electrons. The van der Waals surface area contributed by atoms with E-state index in [-0.39, 0.29) is 0 Å². The van der Waals surface area contributed by atoms with Crippen LogP contribution in [0.2, 0.25) is 0 Å². The molecule has 1 saturated heterocycles. The van der Waals surface area contributed by atoms with Gasteiger partial charge < -0.3 is 15.4 Å². The highest BCUT2D eigenvalue weighted by Crippen LogP contribution is 2.30. The fourth-order valence-electron chi connectivity index (χ4n) is 4.74. The van der Waals surface area contributed by atoms with Crippen LogP contribution in [0.3, 0.4) is 0 Å². The highest BCUT2D eigenvalue weighted by atomic mass is 16.5. The van der Waals surface area contributed by atoms with Gasteiger partial charge in [0.25, 0.3) is 0 Å². The second kappa shape index (κ2) is 14.5. The van der Waals surface area contributed by atoms with Crippen molar-refractivity contribution in [2.24, 2.45) is 5.73 Å². The van der Waals surface area contributed by atoms with Crippen molar-refractivity contribution in [3.05, 3.63) is 42.0 Å². The Kier molecular flexibility index (Phi) is 11.3. The van der Waals surface area contributed by atoms with Gasteiger partial charge in [0.05, 0.1) is 6.61 Å². The number of nitrogens with two attached hydrogens (primary N) is 1. The molecule has 0 spiro atoms. The Morgan fingerprint density at radius 2 is 1.47 bits per heavy atom. The molecule has 0 unspecified atom stereocenters. The van der Waals surface area contributed by atoms with Crippen LogP contribution >= 0.6 is 0 Å². The van der Waals surface area contributed by atoms with Crippen molar-refractivity contribution in [2.45, 2.75) is 71.3 Å². The summed E-state index contributed by atoms with van der Waals surface area (Å²) in [7, 11) is 0. The summed E-state index contributed by atoms with van der Waals surface area (Å²) in [6.45, 7) is 10.5. The van der Waals surface area contributed by atoms with Crippen molar-refractivity contribution in [2.75, 3.05) is 45.9 Å². The van der Waals surface area contributed by atoms with E-state index in [4.69, 9.17) is 10.5 Å². The van der Waals surface area contributed by atoms with Crippen LogP contribution in [0.1, 0.15) is 70.3 Å². The van der Waals surface area contributed by atoms with E-state index in [0.29, 0.717) is 0 Å². The van der Waals surface area contributed by atoms with E-state index in [1.54, 1.807) is 0 Å². The van der Waals surface area contributed by atoms with E-state index in [0.717, 1.165) is 71.0 Å². The van der Waals surface area contributed by atoms with Crippen molar-refractivity contribution < 1.29 is 4.74 Å². The van der Waals surface area contributed by atoms with Crippen LogP contribution in [0.25, 0.3) is 10.8 Å². The topological polar surface area (TPSA) is 41.7 Å². The average molecular weight is 440 g/mol. The lowest BCUT2D eigenvalue weighted by molar-refractivity contribution is 0.126. The molecule has 1 aliphatic rings. The molecule has 1 heterocycles. The Balaban J connectivity index is 1.52. The highest BCUT2D eigenvalue weighted by Gasteiger charge is 2.19. The van der Waals surface area contributed by atoms with Crippen molar-refractivity contribution in [3.63, 3.8) is 0 Å². The first kappa shape index (κ1) is 25.0. The number of hydrogen-bond donors (Lipinski definition) is 1. The quantitative estimate of drug-likeness (QED) is 0.355. The molecule has 4 nitrogen and oxygen atoms in total. The van der Waals surface area contributed by atoms with Gasteiger partial charge in [-0.25, -0.2) is 0 Å². The molecule has 4 heteroatoms. The van der Waals surface area contributed by atoms with Crippen molar-refractivity contribution in [1.82, 2.24) is 9.80 Å². The summed E-state index contributed by atoms with van der Waals surface area (Å²) in [5.41, 5.74) is 7.04. The first-order valence-corrected chi connectivity index (χ1v) is 13.1. The summed E-state index contributed by atoms with van der Waals surface area (Å²) in [6.07, 6.45) is 11.7. The first-order valence-electron chi connectivity index (χ1n) is 13.1. The van der Waals surface area contributed by atoms with Gasteiger partial charge in [-0.1, -0.05) is 82.2 Å². The molecule has 32 heavy (non-hydrogen) atoms. The summed E-state index contributed by atoms with van der Waals surface area (Å²) in [6, 6.07) is 13.2. The zero-order chi connectivity index (χ0) is 22.4. The van der Waals surface area contributed by atoms with Crippen LogP contribution in [-0.2, 0) is 6.54 Å². The van der Waals surface area contributed by atoms with Crippen LogP contribution in [0.4, 0.5) is 0 Å². The smallest absolute Gasteiger partial charge is 0.124 e. The minimum atomic E-state index is 0.787. The summed E-state index contributed by atoms with van der Waals surface area (Å²) >= 11 is 0. The number of hydrogen-bond acceptors (Lipinski definition) is 4. The normalized spacial score (nSPS) is 15.4. The number of piperazine rings is 1. The van der Waals surface area contributed by atoms with Crippen molar-refractivity contribution >= 4 is 10.8 Å². The minimum absolute atomic E-state index is 0.787. The van der Waals surface area contributed by atoms with Crippen LogP contribution < -0.4 is 10.5 Å². The molecule has 1 aliphatic heterocycles. The molecule has 0 aliphatic carbocycles. The molecular formula is C28H45N3O. The highest BCUT2D eigenvalue weighted by molar-refractivity contribution is 5.87. The Bertz CT molecular complexity index is 770. The Labute approximate surface area is 196 Å². The lowest BCUT2D eigenvalue weighted by Crippen LogP contribution is -2.46. The molecule has 0 bridgehead atoms. The lowest BCUT2D eigenvalue weighted by Gasteiger charge is -2.35. The van der Waals surface area contributed by atoms with E-state index < -0.39 is 0 Å². The maximum absolute atomic E-state index is 6.36. The fourth-order valence-corrected chi connectivity index (χ4v) is 4.74. The van der Waals surface area contributed by atoms with E-state index >= 15 is 0 Å². The van der Waals surface area contributed by atoms with E-state index in [1.807, 2.05) is 0 Å². The molecule has 0 radical (unpaired) electrons. The van der Waals surface area contributed by atoms with E-state index in [2.05, 4.69) is 53.1 Å². The molecule has 0 aromatic heterocycles. The van der Waals surface area contributed by atoms with Gasteiger partial charge in [0.1, 0.15) is 5.75 Å². The van der Waals surface area contributed by atoms with Gasteiger partial charge in [-0.05, 0) is 42.8 Å². The molecule has 1 fully saturated rings. The Hall–Kier alpha value is -1.62. The predicted molar refractivity (Wildman–Crippen MR) is 137 cm³/mol. The van der Waals surface area contributed by atoms with E-state index in [9.17, 15) is 0 Å². The molecule has 0 saturated carbocycles. The number of nitrogens with zero attached hydrogens (tertiary/aromatic N) is 2. The summed E-state index contributed by atoms with van der Waals surface area (Å²) in [5, 5.41) is 2.65. The zero-order valence-corrected chi connectivity index (χ0v) is 20.4. The second-order valence-electron chi connectivity index (χ2n) is 9.35. The van der Waals surface area contributed by atoms with Gasteiger partial charge in [-0.2, -0.15) is 0 Å². The number of unbranched alkanes of at least 4 members (excludes halogenated alkanes) is 7. The molecule has 0 amide bonds. The summed E-state index contributed by atoms with van der Waals surface area (Å²) < 4.78 is 6.36. The van der Waals surface area contributed by atoms with Crippen LogP contribution in [0.5, 0.6) is 5.75 Å². The third-order valence-corrected chi connectivity index (χ3v) is 6.78. The van der Waals surface area contributed by atoms with Gasteiger partial charge in [0, 0.05) is 38.3 Å². The van der Waals surface area contributed by atoms with Crippen molar-refractivity contribution in [1.29, 1.82) is 0 Å². The third-order valence-electron chi connectivity index (χ3n) is 6.78. The Morgan fingerprint density at radius 3 is 2.22 bits per heavy atom. The largest absolute Gasteiger partial charge is 0.493 e. The second-order valence-corrected chi connectivity index (χ2v) is 9.35. The number of ether oxygens (including phenoxy) is 1. The summed E-state index contributed by atoms with van der Waals surface area (Å²) in [4.78, 5) is 5.13. The van der Waals surface area contributed by atoms with Gasteiger partial charge in [-0.3, -0.25) is 4.90 Å². The fraction of sp³-hybridized carbons (Fsp3) is 0.643. The lowest BCUT2D eigenvalue weighted by atomic mass is 10.0. The predicted octanol–water partition coefficient (Wildman–Crippen LogP) is 5.83. The maximum atomic E-state index is 6.36. The first-order chi connectivity index (χ1) is 15.8. The summed E-state index contributed by atoms with van der Waals surface area (Å²) in [5.74, 6) is 1.08. The van der Waals surface area contributed by atoms with Crippen molar-refractivity contribution in [3.8, 4) is 5.75 Å². The number of benzene rings is 2. The van der Waals surface area contributed by atoms with Gasteiger partial charge in [0.2, 0.25) is 0 Å². The number of fused-ring (bicyclic) bond motifs is 1. The Morgan fingerprint density at radius 1 is 0.781 bits per heavy atom. The third kappa shape index (κ3) is 8.06. The molecule has 0 atom stereocenters. The zero-order valence-electron chi connectivity index (χ0n) is 20.4. The standard InChI is InChI=1S/C28H45N3O/c1-2-3-4-5-6-7-8-11-23-32-28-16-15-25-13-9-10-14-26(25)27(28)24-31-21-19-30(20-22-31)18-12-17-29/h9-10,13-16H,2-8,11-12,17-24,29H2,1H3. The van der Waals surface area contributed by atoms with Gasteiger partial charge in [-0.15, -0.1) is 0 Å². The van der Waals surface area contributed by atoms with Crippen LogP contribution in [0, 0.1) is 0 Å². The molecular weight excluding hydrogens is 394 g/mol. The average Bonchev–Trinajstić information content (AvgIpc) is 2.83. The van der Waals surface area contributed by atoms with Crippen LogP contribution in [-0.4, -0.2) is 55.7 Å². The number of rotatable bonds is 15. The molecule has 3 rings (SSSR count). The molecule has 2 aromatic carbocycles. The SMILES string of the molecule is CCCCCCCCCCOc1ccc2ccccc2c1CN1CCN(CCCN)CC1. The van der Waals surface area contributed by atoms with Gasteiger partial charge >= 0.3 is 0 Å². The molecule has 2 N–H and O–H groups in total. The maximum Gasteiger partial charge on any atom is 0.124 e. The monoisotopic (exact) mass is 439 g/mol.